The number of hydrogen-bond donors (Lipinski definition) is 1. The first-order valence-electron chi connectivity index (χ1n) is 13.7. The molecule has 5 aromatic rings. The van der Waals surface area contributed by atoms with Crippen LogP contribution in [0.15, 0.2) is 94.9 Å². The lowest BCUT2D eigenvalue weighted by atomic mass is 9.76. The lowest BCUT2D eigenvalue weighted by Crippen LogP contribution is -2.19. The number of benzene rings is 4. The molecule has 0 amide bonds. The van der Waals surface area contributed by atoms with Crippen molar-refractivity contribution in [2.24, 2.45) is 0 Å². The Hall–Kier alpha value is -4.04. The van der Waals surface area contributed by atoms with Gasteiger partial charge in [0.1, 0.15) is 11.3 Å². The van der Waals surface area contributed by atoms with Gasteiger partial charge < -0.3 is 9.73 Å². The largest absolute Gasteiger partial charge is 0.460 e. The van der Waals surface area contributed by atoms with Gasteiger partial charge in [0.05, 0.1) is 0 Å². The minimum Gasteiger partial charge on any atom is -0.460 e. The Balaban J connectivity index is 1.31. The van der Waals surface area contributed by atoms with E-state index in [0.29, 0.717) is 0 Å². The molecule has 0 atom stereocenters. The van der Waals surface area contributed by atoms with Gasteiger partial charge in [0.2, 0.25) is 0 Å². The van der Waals surface area contributed by atoms with E-state index < -0.39 is 0 Å². The van der Waals surface area contributed by atoms with Gasteiger partial charge in [-0.25, -0.2) is 0 Å². The quantitative estimate of drug-likeness (QED) is 0.265. The second-order valence-electron chi connectivity index (χ2n) is 12.2. The zero-order valence-electron chi connectivity index (χ0n) is 22.4. The van der Waals surface area contributed by atoms with E-state index in [1.54, 1.807) is 5.57 Å². The SMILES string of the molecule is CC1(C)C2=C(c3cc4c(cc31)-c1ccc(Nc3ccccc3)cc1C4(C)C)c1c(oc3ccccc13)CC2. The molecule has 3 aliphatic rings. The van der Waals surface area contributed by atoms with Crippen LogP contribution in [-0.2, 0) is 17.3 Å². The minimum absolute atomic E-state index is 0.00252. The van der Waals surface area contributed by atoms with Crippen molar-refractivity contribution in [1.29, 1.82) is 0 Å². The van der Waals surface area contributed by atoms with Crippen molar-refractivity contribution < 1.29 is 4.42 Å². The van der Waals surface area contributed by atoms with Crippen molar-refractivity contribution in [3.05, 3.63) is 124 Å². The van der Waals surface area contributed by atoms with Crippen LogP contribution in [0.25, 0.3) is 27.7 Å². The molecule has 8 rings (SSSR count). The van der Waals surface area contributed by atoms with Crippen molar-refractivity contribution in [1.82, 2.24) is 0 Å². The maximum Gasteiger partial charge on any atom is 0.134 e. The van der Waals surface area contributed by atoms with Crippen LogP contribution in [0.5, 0.6) is 0 Å². The van der Waals surface area contributed by atoms with Crippen molar-refractivity contribution in [3.63, 3.8) is 0 Å². The first-order valence-corrected chi connectivity index (χ1v) is 13.7. The van der Waals surface area contributed by atoms with Gasteiger partial charge in [0, 0.05) is 39.6 Å². The normalized spacial score (nSPS) is 17.6. The van der Waals surface area contributed by atoms with Crippen LogP contribution in [0.4, 0.5) is 11.4 Å². The highest BCUT2D eigenvalue weighted by molar-refractivity contribution is 6.03. The molecule has 0 aliphatic heterocycles. The summed E-state index contributed by atoms with van der Waals surface area (Å²) in [6.07, 6.45) is 2.04. The van der Waals surface area contributed by atoms with E-state index in [9.17, 15) is 0 Å². The molecule has 0 spiro atoms. The average molecular weight is 494 g/mol. The highest BCUT2D eigenvalue weighted by Gasteiger charge is 2.45. The van der Waals surface area contributed by atoms with E-state index in [1.165, 1.54) is 49.9 Å². The summed E-state index contributed by atoms with van der Waals surface area (Å²) in [4.78, 5) is 0. The molecular formula is C36H31NO. The van der Waals surface area contributed by atoms with Gasteiger partial charge in [-0.1, -0.05) is 75.7 Å². The minimum atomic E-state index is -0.0858. The molecule has 0 saturated carbocycles. The third-order valence-electron chi connectivity index (χ3n) is 9.40. The maximum atomic E-state index is 6.39. The van der Waals surface area contributed by atoms with Crippen molar-refractivity contribution in [2.45, 2.75) is 51.4 Å². The molecule has 1 aromatic heterocycles. The second kappa shape index (κ2) is 7.29. The fourth-order valence-corrected chi connectivity index (χ4v) is 7.42. The van der Waals surface area contributed by atoms with Crippen molar-refractivity contribution in [2.75, 3.05) is 5.32 Å². The fourth-order valence-electron chi connectivity index (χ4n) is 7.42. The number of allylic oxidation sites excluding steroid dienone is 1. The van der Waals surface area contributed by atoms with E-state index in [1.807, 2.05) is 0 Å². The van der Waals surface area contributed by atoms with Crippen LogP contribution < -0.4 is 5.32 Å². The first kappa shape index (κ1) is 22.0. The van der Waals surface area contributed by atoms with Gasteiger partial charge in [-0.05, 0) is 87.8 Å². The highest BCUT2D eigenvalue weighted by atomic mass is 16.3. The summed E-state index contributed by atoms with van der Waals surface area (Å²) >= 11 is 0. The lowest BCUT2D eigenvalue weighted by Gasteiger charge is -2.27. The molecule has 0 radical (unpaired) electrons. The molecule has 0 saturated heterocycles. The smallest absolute Gasteiger partial charge is 0.134 e. The zero-order chi connectivity index (χ0) is 25.8. The third kappa shape index (κ3) is 2.78. The van der Waals surface area contributed by atoms with Crippen LogP contribution in [0, 0.1) is 0 Å². The number of nitrogens with one attached hydrogen (secondary N) is 1. The number of hydrogen-bond acceptors (Lipinski definition) is 2. The summed E-state index contributed by atoms with van der Waals surface area (Å²) in [5, 5.41) is 4.85. The highest BCUT2D eigenvalue weighted by Crippen LogP contribution is 2.59. The molecule has 38 heavy (non-hydrogen) atoms. The Labute approximate surface area is 224 Å². The second-order valence-corrected chi connectivity index (χ2v) is 12.2. The standard InChI is InChI=1S/C36H31NO/c1-35(2)27-16-17-32-34(24-12-8-9-13-31(24)38-32)33(27)26-20-29-25(19-30(26)35)23-15-14-22(18-28(23)36(29,3)4)37-21-10-6-5-7-11-21/h5-15,18-20,37H,16-17H2,1-4H3. The monoisotopic (exact) mass is 493 g/mol. The van der Waals surface area contributed by atoms with Crippen molar-refractivity contribution >= 4 is 27.9 Å². The molecular weight excluding hydrogens is 462 g/mol. The van der Waals surface area contributed by atoms with Gasteiger partial charge in [0.15, 0.2) is 0 Å². The summed E-state index contributed by atoms with van der Waals surface area (Å²) < 4.78 is 6.39. The van der Waals surface area contributed by atoms with Crippen LogP contribution >= 0.6 is 0 Å². The van der Waals surface area contributed by atoms with E-state index in [-0.39, 0.29) is 10.8 Å². The van der Waals surface area contributed by atoms with Crippen LogP contribution in [0.1, 0.15) is 67.7 Å². The molecule has 3 aliphatic carbocycles. The molecule has 1 heterocycles. The van der Waals surface area contributed by atoms with E-state index in [0.717, 1.165) is 35.6 Å². The summed E-state index contributed by atoms with van der Waals surface area (Å²) in [7, 11) is 0. The summed E-state index contributed by atoms with van der Waals surface area (Å²) in [6.45, 7) is 9.60. The Morgan fingerprint density at radius 1 is 0.632 bits per heavy atom. The maximum absolute atomic E-state index is 6.39. The lowest BCUT2D eigenvalue weighted by molar-refractivity contribution is 0.525. The molecule has 1 N–H and O–H groups in total. The van der Waals surface area contributed by atoms with Crippen LogP contribution in [0.3, 0.4) is 0 Å². The molecule has 0 bridgehead atoms. The van der Waals surface area contributed by atoms with Crippen molar-refractivity contribution in [3.8, 4) is 11.1 Å². The fraction of sp³-hybridized carbons (Fsp3) is 0.222. The molecule has 0 unspecified atom stereocenters. The molecule has 4 aromatic carbocycles. The first-order chi connectivity index (χ1) is 18.3. The molecule has 186 valence electrons. The van der Waals surface area contributed by atoms with Gasteiger partial charge in [-0.2, -0.15) is 0 Å². The van der Waals surface area contributed by atoms with Crippen LogP contribution in [-0.4, -0.2) is 0 Å². The van der Waals surface area contributed by atoms with E-state index >= 15 is 0 Å². The summed E-state index contributed by atoms with van der Waals surface area (Å²) in [6, 6.07) is 30.9. The Morgan fingerprint density at radius 3 is 2.18 bits per heavy atom. The van der Waals surface area contributed by atoms with Gasteiger partial charge in [-0.15, -0.1) is 0 Å². The molecule has 2 heteroatoms. The number of fused-ring (bicyclic) bond motifs is 9. The predicted octanol–water partition coefficient (Wildman–Crippen LogP) is 9.52. The van der Waals surface area contributed by atoms with Gasteiger partial charge in [-0.3, -0.25) is 0 Å². The number of aryl methyl sites for hydroxylation is 1. The van der Waals surface area contributed by atoms with Crippen LogP contribution in [0.2, 0.25) is 0 Å². The Bertz CT molecular complexity index is 1830. The number of anilines is 2. The van der Waals surface area contributed by atoms with E-state index in [4.69, 9.17) is 4.42 Å². The molecule has 0 fully saturated rings. The zero-order valence-corrected chi connectivity index (χ0v) is 22.4. The number of para-hydroxylation sites is 2. The number of furan rings is 1. The summed E-state index contributed by atoms with van der Waals surface area (Å²) in [5.41, 5.74) is 15.9. The number of rotatable bonds is 2. The van der Waals surface area contributed by atoms with Gasteiger partial charge in [0.25, 0.3) is 0 Å². The van der Waals surface area contributed by atoms with Gasteiger partial charge >= 0.3 is 0 Å². The Morgan fingerprint density at radius 2 is 1.34 bits per heavy atom. The average Bonchev–Trinajstić information content (AvgIpc) is 3.48. The third-order valence-corrected chi connectivity index (χ3v) is 9.40. The topological polar surface area (TPSA) is 25.2 Å². The summed E-state index contributed by atoms with van der Waals surface area (Å²) in [5.74, 6) is 1.15. The Kier molecular flexibility index (Phi) is 4.22. The molecule has 2 nitrogen and oxygen atoms in total. The predicted molar refractivity (Wildman–Crippen MR) is 157 cm³/mol. The van der Waals surface area contributed by atoms with E-state index in [2.05, 4.69) is 118 Å².